The van der Waals surface area contributed by atoms with E-state index in [9.17, 15) is 19.5 Å². The van der Waals surface area contributed by atoms with Crippen LogP contribution in [0.2, 0.25) is 0 Å². The molecule has 37 heavy (non-hydrogen) atoms. The van der Waals surface area contributed by atoms with Crippen molar-refractivity contribution in [3.8, 4) is 0 Å². The largest absolute Gasteiger partial charge is 0.458 e. The lowest BCUT2D eigenvalue weighted by Gasteiger charge is -2.33. The number of aromatic nitrogens is 1. The van der Waals surface area contributed by atoms with Gasteiger partial charge in [0.2, 0.25) is 5.91 Å². The molecule has 0 aromatic carbocycles. The van der Waals surface area contributed by atoms with Crippen LogP contribution in [0.1, 0.15) is 90.3 Å². The number of fused-ring (bicyclic) bond motifs is 1. The summed E-state index contributed by atoms with van der Waals surface area (Å²) in [6.07, 6.45) is 3.34. The number of epoxide rings is 1. The van der Waals surface area contributed by atoms with Crippen LogP contribution in [0.15, 0.2) is 11.0 Å². The van der Waals surface area contributed by atoms with E-state index in [1.807, 2.05) is 32.2 Å². The fourth-order valence-corrected chi connectivity index (χ4v) is 6.09. The number of Topliss-reactive ketones (excluding diaryl/α,β-unsaturated/α-hetero) is 1. The van der Waals surface area contributed by atoms with E-state index in [1.165, 1.54) is 0 Å². The zero-order valence-electron chi connectivity index (χ0n) is 22.9. The van der Waals surface area contributed by atoms with Crippen molar-refractivity contribution in [3.63, 3.8) is 0 Å². The van der Waals surface area contributed by atoms with Crippen LogP contribution in [0.5, 0.6) is 0 Å². The average molecular weight is 535 g/mol. The first-order chi connectivity index (χ1) is 17.2. The summed E-state index contributed by atoms with van der Waals surface area (Å²) < 4.78 is 12.0. The summed E-state index contributed by atoms with van der Waals surface area (Å²) in [5, 5.41) is 13.9. The quantitative estimate of drug-likeness (QED) is 0.433. The lowest BCUT2D eigenvalue weighted by atomic mass is 9.71. The van der Waals surface area contributed by atoms with Crippen LogP contribution >= 0.6 is 11.3 Å². The fourth-order valence-electron chi connectivity index (χ4n) is 5.52. The Balaban J connectivity index is 1.87. The molecule has 0 saturated carbocycles. The number of esters is 1. The van der Waals surface area contributed by atoms with Gasteiger partial charge in [0.25, 0.3) is 0 Å². The van der Waals surface area contributed by atoms with Gasteiger partial charge in [-0.1, -0.05) is 27.2 Å². The number of amides is 1. The number of carbonyl (C=O) groups is 3. The van der Waals surface area contributed by atoms with Gasteiger partial charge in [-0.25, -0.2) is 4.98 Å². The van der Waals surface area contributed by atoms with Gasteiger partial charge in [-0.2, -0.15) is 0 Å². The first-order valence-electron chi connectivity index (χ1n) is 13.2. The van der Waals surface area contributed by atoms with Gasteiger partial charge in [0.05, 0.1) is 28.5 Å². The van der Waals surface area contributed by atoms with Crippen molar-refractivity contribution in [3.05, 3.63) is 21.7 Å². The van der Waals surface area contributed by atoms with Gasteiger partial charge < -0.3 is 20.3 Å². The number of aliphatic hydroxyl groups is 1. The molecule has 2 fully saturated rings. The summed E-state index contributed by atoms with van der Waals surface area (Å²) in [4.78, 5) is 42.9. The van der Waals surface area contributed by atoms with E-state index in [-0.39, 0.29) is 42.7 Å². The number of ketones is 1. The summed E-state index contributed by atoms with van der Waals surface area (Å²) in [5.41, 5.74) is 5.71. The van der Waals surface area contributed by atoms with Gasteiger partial charge in [0.15, 0.2) is 0 Å². The molecular weight excluding hydrogens is 492 g/mol. The molecule has 3 rings (SSSR count). The van der Waals surface area contributed by atoms with Gasteiger partial charge in [0, 0.05) is 36.0 Å². The van der Waals surface area contributed by atoms with Crippen molar-refractivity contribution < 1.29 is 29.0 Å². The van der Waals surface area contributed by atoms with Crippen LogP contribution in [0.3, 0.4) is 0 Å². The minimum Gasteiger partial charge on any atom is -0.458 e. The molecule has 2 aliphatic rings. The number of hydrogen-bond donors (Lipinski definition) is 2. The zero-order chi connectivity index (χ0) is 27.5. The van der Waals surface area contributed by atoms with Crippen molar-refractivity contribution in [2.24, 2.45) is 23.0 Å². The average Bonchev–Trinajstić information content (AvgIpc) is 3.26. The molecule has 3 heterocycles. The van der Waals surface area contributed by atoms with E-state index in [2.05, 4.69) is 11.9 Å². The number of aryl methyl sites for hydroxylation is 1. The molecule has 1 amide bonds. The number of nitrogens with zero attached hydrogens (tertiary/aromatic N) is 1. The SMILES string of the molecule is C/C(=C\c1csc(C)n1)[C@@H]1C[C@@H]2O[C@]2(C)CCC[C@H](C)[C@H](O)[C@@H](C)C(=O)[C@](C)(CC(N)=O)CCC(=O)O1. The molecule has 0 spiro atoms. The minimum absolute atomic E-state index is 0.0421. The van der Waals surface area contributed by atoms with Gasteiger partial charge in [-0.05, 0) is 57.6 Å². The van der Waals surface area contributed by atoms with Crippen LogP contribution < -0.4 is 5.73 Å². The number of aliphatic hydroxyl groups excluding tert-OH is 1. The summed E-state index contributed by atoms with van der Waals surface area (Å²) in [6.45, 7) is 11.2. The molecule has 2 aliphatic heterocycles. The first kappa shape index (κ1) is 29.5. The van der Waals surface area contributed by atoms with Gasteiger partial charge in [-0.15, -0.1) is 11.3 Å². The number of nitrogens with two attached hydrogens (primary N) is 1. The number of cyclic esters (lactones) is 1. The molecule has 0 radical (unpaired) electrons. The van der Waals surface area contributed by atoms with E-state index >= 15 is 0 Å². The minimum atomic E-state index is -1.17. The van der Waals surface area contributed by atoms with Crippen molar-refractivity contribution in [2.45, 2.75) is 110 Å². The second-order valence-electron chi connectivity index (χ2n) is 11.5. The second kappa shape index (κ2) is 11.7. The Bertz CT molecular complexity index is 1040. The third-order valence-corrected chi connectivity index (χ3v) is 8.93. The van der Waals surface area contributed by atoms with Crippen LogP contribution in [0.25, 0.3) is 6.08 Å². The maximum Gasteiger partial charge on any atom is 0.306 e. The van der Waals surface area contributed by atoms with Crippen LogP contribution in [-0.4, -0.2) is 51.7 Å². The number of hydrogen-bond acceptors (Lipinski definition) is 8. The molecule has 1 aromatic heterocycles. The zero-order valence-corrected chi connectivity index (χ0v) is 23.7. The predicted molar refractivity (Wildman–Crippen MR) is 143 cm³/mol. The molecule has 0 aliphatic carbocycles. The smallest absolute Gasteiger partial charge is 0.306 e. The molecule has 0 bridgehead atoms. The summed E-state index contributed by atoms with van der Waals surface area (Å²) in [6, 6.07) is 0. The number of thiazole rings is 1. The Labute approximate surface area is 224 Å². The highest BCUT2D eigenvalue weighted by Gasteiger charge is 2.52. The third kappa shape index (κ3) is 7.48. The predicted octanol–water partition coefficient (Wildman–Crippen LogP) is 4.36. The lowest BCUT2D eigenvalue weighted by molar-refractivity contribution is -0.150. The fraction of sp³-hybridized carbons (Fsp3) is 0.714. The topological polar surface area (TPSA) is 132 Å². The standard InChI is InChI=1S/C28H42N2O6S/c1-16-8-7-10-28(6)22(36-28)13-21(17(2)12-20-15-37-19(4)30-20)35-24(32)9-11-27(5,14-23(29)31)26(34)18(3)25(16)33/h12,15-16,18,21-22,25,33H,7-11,13-14H2,1-6H3,(H2,29,31)/b17-12+/t16-,18+,21-,22-,25-,27-,28+/m0/s1. The molecule has 0 unspecified atom stereocenters. The number of ether oxygens (including phenoxy) is 2. The van der Waals surface area contributed by atoms with E-state index in [4.69, 9.17) is 15.2 Å². The highest BCUT2D eigenvalue weighted by Crippen LogP contribution is 2.45. The highest BCUT2D eigenvalue weighted by atomic mass is 32.1. The second-order valence-corrected chi connectivity index (χ2v) is 12.6. The van der Waals surface area contributed by atoms with Crippen LogP contribution in [-0.2, 0) is 23.9 Å². The maximum absolute atomic E-state index is 13.5. The first-order valence-corrected chi connectivity index (χ1v) is 14.1. The molecule has 206 valence electrons. The molecular formula is C28H42N2O6S. The number of primary amides is 1. The van der Waals surface area contributed by atoms with Crippen molar-refractivity contribution in [1.29, 1.82) is 0 Å². The molecule has 3 N–H and O–H groups in total. The third-order valence-electron chi connectivity index (χ3n) is 8.14. The van der Waals surface area contributed by atoms with Gasteiger partial charge in [-0.3, -0.25) is 14.4 Å². The number of rotatable bonds is 4. The molecule has 8 nitrogen and oxygen atoms in total. The Morgan fingerprint density at radius 3 is 2.62 bits per heavy atom. The summed E-state index contributed by atoms with van der Waals surface area (Å²) in [5.74, 6) is -2.12. The monoisotopic (exact) mass is 534 g/mol. The van der Waals surface area contributed by atoms with Gasteiger partial charge >= 0.3 is 5.97 Å². The summed E-state index contributed by atoms with van der Waals surface area (Å²) >= 11 is 1.56. The Morgan fingerprint density at radius 1 is 1.30 bits per heavy atom. The normalized spacial score (nSPS) is 36.5. The van der Waals surface area contributed by atoms with E-state index in [1.54, 1.807) is 25.2 Å². The van der Waals surface area contributed by atoms with E-state index < -0.39 is 35.4 Å². The van der Waals surface area contributed by atoms with E-state index in [0.717, 1.165) is 35.5 Å². The van der Waals surface area contributed by atoms with Crippen molar-refractivity contribution >= 4 is 35.1 Å². The molecule has 2 saturated heterocycles. The van der Waals surface area contributed by atoms with Crippen molar-refractivity contribution in [2.75, 3.05) is 0 Å². The Morgan fingerprint density at radius 2 is 2.00 bits per heavy atom. The molecule has 1 aromatic rings. The maximum atomic E-state index is 13.5. The Kier molecular flexibility index (Phi) is 9.35. The highest BCUT2D eigenvalue weighted by molar-refractivity contribution is 7.09. The van der Waals surface area contributed by atoms with Crippen LogP contribution in [0, 0.1) is 24.2 Å². The number of carbonyl (C=O) groups excluding carboxylic acids is 3. The Hall–Kier alpha value is -2.10. The van der Waals surface area contributed by atoms with Crippen molar-refractivity contribution in [1.82, 2.24) is 4.98 Å². The molecule has 7 atom stereocenters. The lowest BCUT2D eigenvalue weighted by Crippen LogP contribution is -2.42. The molecule has 9 heteroatoms. The van der Waals surface area contributed by atoms with E-state index in [0.29, 0.717) is 6.42 Å². The summed E-state index contributed by atoms with van der Waals surface area (Å²) in [7, 11) is 0. The van der Waals surface area contributed by atoms with Crippen LogP contribution in [0.4, 0.5) is 0 Å². The van der Waals surface area contributed by atoms with Gasteiger partial charge in [0.1, 0.15) is 11.9 Å².